The van der Waals surface area contributed by atoms with Gasteiger partial charge in [-0.2, -0.15) is 0 Å². The molecule has 3 aromatic heterocycles. The van der Waals surface area contributed by atoms with Crippen LogP contribution in [0.3, 0.4) is 0 Å². The Hall–Kier alpha value is -3.92. The average molecular weight is 462 g/mol. The minimum Gasteiger partial charge on any atom is -0.387 e. The summed E-state index contributed by atoms with van der Waals surface area (Å²) in [7, 11) is 0. The molecule has 1 aliphatic rings. The van der Waals surface area contributed by atoms with Crippen LogP contribution in [0.4, 0.5) is 10.3 Å². The summed E-state index contributed by atoms with van der Waals surface area (Å²) in [5.74, 6) is -0.0789. The number of amides is 1. The molecule has 174 valence electrons. The maximum atomic E-state index is 13.6. The summed E-state index contributed by atoms with van der Waals surface area (Å²) in [6.07, 6.45) is 6.71. The van der Waals surface area contributed by atoms with Gasteiger partial charge in [-0.1, -0.05) is 0 Å². The number of hydrogen-bond donors (Lipinski definition) is 2. The van der Waals surface area contributed by atoms with E-state index in [2.05, 4.69) is 15.3 Å². The number of likely N-dealkylation sites (tertiary alicyclic amines) is 1. The highest BCUT2D eigenvalue weighted by Crippen LogP contribution is 2.32. The normalized spacial score (nSPS) is 14.5. The summed E-state index contributed by atoms with van der Waals surface area (Å²) in [4.78, 5) is 31.7. The predicted octanol–water partition coefficient (Wildman–Crippen LogP) is 2.70. The zero-order valence-electron chi connectivity index (χ0n) is 18.6. The predicted molar refractivity (Wildman–Crippen MR) is 124 cm³/mol. The number of nitrogens with one attached hydrogen (secondary N) is 1. The fourth-order valence-electron chi connectivity index (χ4n) is 4.27. The molecule has 4 heterocycles. The number of aliphatic hydroxyl groups is 1. The smallest absolute Gasteiger partial charge is 0.248 e. The van der Waals surface area contributed by atoms with Gasteiger partial charge in [0.15, 0.2) is 5.65 Å². The maximum Gasteiger partial charge on any atom is 0.248 e. The van der Waals surface area contributed by atoms with E-state index in [1.165, 1.54) is 12.1 Å². The number of aromatic nitrogens is 5. The van der Waals surface area contributed by atoms with Crippen LogP contribution in [0, 0.1) is 12.7 Å². The molecule has 4 aromatic rings. The van der Waals surface area contributed by atoms with Gasteiger partial charge in [-0.15, -0.1) is 0 Å². The number of piperidine rings is 1. The van der Waals surface area contributed by atoms with Crippen LogP contribution in [-0.2, 0) is 4.79 Å². The van der Waals surface area contributed by atoms with E-state index in [9.17, 15) is 9.18 Å². The Bertz CT molecular complexity index is 1330. The molecule has 1 aliphatic heterocycles. The number of aliphatic hydroxyl groups excluding tert-OH is 1. The van der Waals surface area contributed by atoms with Crippen LogP contribution in [0.5, 0.6) is 0 Å². The van der Waals surface area contributed by atoms with Crippen molar-refractivity contribution in [2.75, 3.05) is 25.0 Å². The van der Waals surface area contributed by atoms with Gasteiger partial charge in [-0.3, -0.25) is 14.2 Å². The van der Waals surface area contributed by atoms with Crippen molar-refractivity contribution >= 4 is 17.5 Å². The third-order valence-corrected chi connectivity index (χ3v) is 6.05. The summed E-state index contributed by atoms with van der Waals surface area (Å²) >= 11 is 0. The standard InChI is InChI=1S/C24H24FN7O2/c1-15-23-30-21(16-2-4-17(25)5-3-16)22(32(23)13-10-26-15)19-6-9-27-24(29-19)28-18-7-11-31(12-8-18)20(34)14-33/h2-6,9-10,13,18,33H,7-8,11-12,14H2,1H3,(H,27,28,29). The maximum absolute atomic E-state index is 13.6. The molecule has 0 radical (unpaired) electrons. The van der Waals surface area contributed by atoms with E-state index in [0.717, 1.165) is 29.8 Å². The first-order valence-corrected chi connectivity index (χ1v) is 11.1. The van der Waals surface area contributed by atoms with Gasteiger partial charge in [0.05, 0.1) is 22.8 Å². The molecule has 9 nitrogen and oxygen atoms in total. The second-order valence-electron chi connectivity index (χ2n) is 8.25. The molecule has 0 spiro atoms. The Kier molecular flexibility index (Phi) is 5.89. The summed E-state index contributed by atoms with van der Waals surface area (Å²) in [5, 5.41) is 12.4. The van der Waals surface area contributed by atoms with Gasteiger partial charge >= 0.3 is 0 Å². The van der Waals surface area contributed by atoms with Crippen molar-refractivity contribution in [2.45, 2.75) is 25.8 Å². The molecule has 10 heteroatoms. The number of imidazole rings is 1. The summed E-state index contributed by atoms with van der Waals surface area (Å²) < 4.78 is 15.5. The van der Waals surface area contributed by atoms with Crippen molar-refractivity contribution in [1.29, 1.82) is 0 Å². The van der Waals surface area contributed by atoms with Gasteiger partial charge in [-0.05, 0) is 50.1 Å². The number of carbonyl (C=O) groups excluding carboxylic acids is 1. The van der Waals surface area contributed by atoms with Crippen LogP contribution in [-0.4, -0.2) is 66.0 Å². The van der Waals surface area contributed by atoms with Gasteiger partial charge in [0.1, 0.15) is 12.4 Å². The first-order chi connectivity index (χ1) is 16.5. The van der Waals surface area contributed by atoms with Crippen molar-refractivity contribution in [1.82, 2.24) is 29.2 Å². The lowest BCUT2D eigenvalue weighted by Gasteiger charge is -2.32. The molecule has 1 amide bonds. The SMILES string of the molecule is Cc1nccn2c(-c3ccnc(NC4CCN(C(=O)CO)CC4)n3)c(-c3ccc(F)cc3)nc12. The molecule has 1 saturated heterocycles. The van der Waals surface area contributed by atoms with Gasteiger partial charge < -0.3 is 15.3 Å². The Morgan fingerprint density at radius 1 is 1.12 bits per heavy atom. The molecule has 1 fully saturated rings. The van der Waals surface area contributed by atoms with Crippen LogP contribution >= 0.6 is 0 Å². The van der Waals surface area contributed by atoms with Crippen molar-refractivity contribution in [3.8, 4) is 22.6 Å². The van der Waals surface area contributed by atoms with E-state index in [4.69, 9.17) is 15.1 Å². The second-order valence-corrected chi connectivity index (χ2v) is 8.25. The van der Waals surface area contributed by atoms with Crippen LogP contribution < -0.4 is 5.32 Å². The van der Waals surface area contributed by atoms with Crippen LogP contribution in [0.1, 0.15) is 18.5 Å². The lowest BCUT2D eigenvalue weighted by molar-refractivity contribution is -0.135. The lowest BCUT2D eigenvalue weighted by Crippen LogP contribution is -2.43. The Labute approximate surface area is 195 Å². The highest BCUT2D eigenvalue weighted by atomic mass is 19.1. The minimum absolute atomic E-state index is 0.114. The van der Waals surface area contributed by atoms with Gasteiger partial charge in [-0.25, -0.2) is 19.3 Å². The number of aryl methyl sites for hydroxylation is 1. The number of anilines is 1. The van der Waals surface area contributed by atoms with Gasteiger partial charge in [0, 0.05) is 43.3 Å². The van der Waals surface area contributed by atoms with E-state index in [-0.39, 0.29) is 17.8 Å². The Morgan fingerprint density at radius 3 is 2.62 bits per heavy atom. The molecular formula is C24H24FN7O2. The fourth-order valence-corrected chi connectivity index (χ4v) is 4.27. The molecule has 0 aliphatic carbocycles. The number of benzene rings is 1. The van der Waals surface area contributed by atoms with E-state index in [0.29, 0.717) is 36.1 Å². The topological polar surface area (TPSA) is 109 Å². The molecule has 0 bridgehead atoms. The summed E-state index contributed by atoms with van der Waals surface area (Å²) in [6, 6.07) is 8.16. The lowest BCUT2D eigenvalue weighted by atomic mass is 10.1. The summed E-state index contributed by atoms with van der Waals surface area (Å²) in [6.45, 7) is 2.57. The third-order valence-electron chi connectivity index (χ3n) is 6.05. The number of nitrogens with zero attached hydrogens (tertiary/aromatic N) is 6. The molecule has 1 aromatic carbocycles. The number of carbonyl (C=O) groups is 1. The molecular weight excluding hydrogens is 437 g/mol. The van der Waals surface area contributed by atoms with Crippen molar-refractivity contribution < 1.29 is 14.3 Å². The van der Waals surface area contributed by atoms with E-state index >= 15 is 0 Å². The number of halogens is 1. The number of hydrogen-bond acceptors (Lipinski definition) is 7. The zero-order valence-corrected chi connectivity index (χ0v) is 18.6. The van der Waals surface area contributed by atoms with E-state index in [1.807, 2.05) is 23.6 Å². The van der Waals surface area contributed by atoms with Crippen molar-refractivity contribution in [3.05, 3.63) is 60.4 Å². The van der Waals surface area contributed by atoms with Crippen molar-refractivity contribution in [2.24, 2.45) is 0 Å². The molecule has 0 saturated carbocycles. The average Bonchev–Trinajstić information content (AvgIpc) is 3.26. The quantitative estimate of drug-likeness (QED) is 0.470. The van der Waals surface area contributed by atoms with Gasteiger partial charge in [0.2, 0.25) is 11.9 Å². The number of fused-ring (bicyclic) bond motifs is 1. The second kappa shape index (κ2) is 9.14. The van der Waals surface area contributed by atoms with Gasteiger partial charge in [0.25, 0.3) is 0 Å². The Balaban J connectivity index is 1.48. The molecule has 5 rings (SSSR count). The molecule has 2 N–H and O–H groups in total. The van der Waals surface area contributed by atoms with E-state index < -0.39 is 6.61 Å². The zero-order chi connectivity index (χ0) is 23.7. The largest absolute Gasteiger partial charge is 0.387 e. The summed E-state index contributed by atoms with van der Waals surface area (Å²) in [5.41, 5.74) is 4.36. The highest BCUT2D eigenvalue weighted by molar-refractivity contribution is 5.81. The third kappa shape index (κ3) is 4.19. The molecule has 34 heavy (non-hydrogen) atoms. The molecule has 0 atom stereocenters. The molecule has 0 unspecified atom stereocenters. The first kappa shape index (κ1) is 21.9. The number of rotatable bonds is 5. The van der Waals surface area contributed by atoms with E-state index in [1.54, 1.807) is 29.4 Å². The van der Waals surface area contributed by atoms with Crippen LogP contribution in [0.2, 0.25) is 0 Å². The minimum atomic E-state index is -0.464. The van der Waals surface area contributed by atoms with Crippen LogP contribution in [0.15, 0.2) is 48.9 Å². The monoisotopic (exact) mass is 461 g/mol. The van der Waals surface area contributed by atoms with Crippen LogP contribution in [0.25, 0.3) is 28.3 Å². The fraction of sp³-hybridized carbons (Fsp3) is 0.292. The highest BCUT2D eigenvalue weighted by Gasteiger charge is 2.23. The Morgan fingerprint density at radius 2 is 1.88 bits per heavy atom. The van der Waals surface area contributed by atoms with Crippen molar-refractivity contribution in [3.63, 3.8) is 0 Å². The first-order valence-electron chi connectivity index (χ1n) is 11.1.